The molecule has 4 nitrogen and oxygen atoms in total. The molecule has 0 radical (unpaired) electrons. The van der Waals surface area contributed by atoms with Crippen LogP contribution in [-0.4, -0.2) is 24.4 Å². The van der Waals surface area contributed by atoms with Crippen LogP contribution in [0.4, 0.5) is 18.9 Å². The lowest BCUT2D eigenvalue weighted by atomic mass is 10.1. The summed E-state index contributed by atoms with van der Waals surface area (Å²) in [6.45, 7) is 1.33. The van der Waals surface area contributed by atoms with Gasteiger partial charge in [0.1, 0.15) is 24.1 Å². The maximum Gasteiger partial charge on any atom is 0.250 e. The van der Waals surface area contributed by atoms with Crippen molar-refractivity contribution < 1.29 is 22.8 Å². The van der Waals surface area contributed by atoms with Crippen LogP contribution in [0.25, 0.3) is 0 Å². The normalized spacial score (nSPS) is 19.2. The third-order valence-corrected chi connectivity index (χ3v) is 3.03. The molecular formula is C13H13F3N2O2. The van der Waals surface area contributed by atoms with E-state index in [-0.39, 0.29) is 0 Å². The van der Waals surface area contributed by atoms with Gasteiger partial charge in [-0.2, -0.15) is 0 Å². The Balaban J connectivity index is 2.40. The highest BCUT2D eigenvalue weighted by Gasteiger charge is 2.35. The van der Waals surface area contributed by atoms with Crippen molar-refractivity contribution in [3.05, 3.63) is 29.6 Å². The fourth-order valence-electron chi connectivity index (χ4n) is 2.18. The number of piperazine rings is 1. The lowest BCUT2D eigenvalue weighted by Gasteiger charge is -2.32. The van der Waals surface area contributed by atoms with Crippen LogP contribution in [0.5, 0.6) is 0 Å². The predicted molar refractivity (Wildman–Crippen MR) is 65.5 cm³/mol. The maximum absolute atomic E-state index is 13.7. The molecule has 108 valence electrons. The Morgan fingerprint density at radius 1 is 1.25 bits per heavy atom. The number of rotatable bonds is 3. The summed E-state index contributed by atoms with van der Waals surface area (Å²) < 4.78 is 40.3. The van der Waals surface area contributed by atoms with E-state index in [2.05, 4.69) is 5.32 Å². The summed E-state index contributed by atoms with van der Waals surface area (Å²) in [4.78, 5) is 24.4. The molecule has 1 saturated heterocycles. The molecule has 0 aromatic heterocycles. The van der Waals surface area contributed by atoms with Crippen molar-refractivity contribution in [1.82, 2.24) is 5.32 Å². The van der Waals surface area contributed by atoms with Gasteiger partial charge in [0, 0.05) is 12.1 Å². The molecule has 1 N–H and O–H groups in total. The van der Waals surface area contributed by atoms with Crippen LogP contribution in [0.3, 0.4) is 0 Å². The Kier molecular flexibility index (Phi) is 3.96. The van der Waals surface area contributed by atoms with Gasteiger partial charge in [-0.05, 0) is 6.42 Å². The zero-order chi connectivity index (χ0) is 14.9. The van der Waals surface area contributed by atoms with Crippen LogP contribution in [0.15, 0.2) is 12.1 Å². The topological polar surface area (TPSA) is 49.4 Å². The van der Waals surface area contributed by atoms with Gasteiger partial charge < -0.3 is 5.32 Å². The Hall–Kier alpha value is -2.05. The first-order chi connectivity index (χ1) is 9.43. The molecule has 1 aliphatic heterocycles. The average Bonchev–Trinajstić information content (AvgIpc) is 2.33. The van der Waals surface area contributed by atoms with Gasteiger partial charge >= 0.3 is 0 Å². The second-order valence-corrected chi connectivity index (χ2v) is 4.55. The minimum atomic E-state index is -1.21. The summed E-state index contributed by atoms with van der Waals surface area (Å²) in [6.07, 6.45) is 0.990. The van der Waals surface area contributed by atoms with Crippen molar-refractivity contribution >= 4 is 17.5 Å². The van der Waals surface area contributed by atoms with Gasteiger partial charge in [0.25, 0.3) is 0 Å². The Morgan fingerprint density at radius 2 is 1.85 bits per heavy atom. The molecule has 1 aromatic carbocycles. The largest absolute Gasteiger partial charge is 0.343 e. The van der Waals surface area contributed by atoms with Crippen molar-refractivity contribution in [2.75, 3.05) is 11.4 Å². The van der Waals surface area contributed by atoms with E-state index >= 15 is 0 Å². The van der Waals surface area contributed by atoms with Crippen molar-refractivity contribution in [3.8, 4) is 0 Å². The molecule has 1 heterocycles. The second-order valence-electron chi connectivity index (χ2n) is 4.55. The van der Waals surface area contributed by atoms with Gasteiger partial charge in [0.2, 0.25) is 11.8 Å². The van der Waals surface area contributed by atoms with E-state index < -0.39 is 47.5 Å². The third kappa shape index (κ3) is 2.61. The Bertz CT molecular complexity index is 540. The molecule has 0 spiro atoms. The molecule has 0 saturated carbocycles. The minimum absolute atomic E-state index is 0.367. The Labute approximate surface area is 113 Å². The van der Waals surface area contributed by atoms with Gasteiger partial charge in [-0.3, -0.25) is 14.5 Å². The zero-order valence-electron chi connectivity index (χ0n) is 10.8. The molecule has 7 heteroatoms. The number of anilines is 1. The second kappa shape index (κ2) is 5.52. The molecule has 1 unspecified atom stereocenters. The van der Waals surface area contributed by atoms with E-state index in [9.17, 15) is 22.8 Å². The molecule has 2 rings (SSSR count). The minimum Gasteiger partial charge on any atom is -0.343 e. The van der Waals surface area contributed by atoms with E-state index in [4.69, 9.17) is 0 Å². The van der Waals surface area contributed by atoms with Gasteiger partial charge in [0.05, 0.1) is 0 Å². The number of hydrogen-bond acceptors (Lipinski definition) is 2. The maximum atomic E-state index is 13.7. The van der Waals surface area contributed by atoms with Gasteiger partial charge in [-0.15, -0.1) is 0 Å². The fraction of sp³-hybridized carbons (Fsp3) is 0.385. The number of halogens is 3. The summed E-state index contributed by atoms with van der Waals surface area (Å²) in [5, 5.41) is 2.47. The van der Waals surface area contributed by atoms with Crippen LogP contribution in [0.1, 0.15) is 19.8 Å². The molecule has 1 aliphatic rings. The first kappa shape index (κ1) is 14.4. The first-order valence-electron chi connectivity index (χ1n) is 6.19. The van der Waals surface area contributed by atoms with Crippen LogP contribution in [0, 0.1) is 17.5 Å². The van der Waals surface area contributed by atoms with Crippen LogP contribution in [0.2, 0.25) is 0 Å². The van der Waals surface area contributed by atoms with Crippen LogP contribution in [-0.2, 0) is 9.59 Å². The van der Waals surface area contributed by atoms with Crippen molar-refractivity contribution in [1.29, 1.82) is 0 Å². The molecule has 2 amide bonds. The molecule has 1 aromatic rings. The third-order valence-electron chi connectivity index (χ3n) is 3.03. The smallest absolute Gasteiger partial charge is 0.250 e. The number of benzene rings is 1. The lowest BCUT2D eigenvalue weighted by molar-refractivity contribution is -0.131. The van der Waals surface area contributed by atoms with Crippen LogP contribution >= 0.6 is 0 Å². The zero-order valence-corrected chi connectivity index (χ0v) is 10.8. The van der Waals surface area contributed by atoms with Crippen molar-refractivity contribution in [2.24, 2.45) is 0 Å². The molecular weight excluding hydrogens is 273 g/mol. The van der Waals surface area contributed by atoms with Gasteiger partial charge in [-0.1, -0.05) is 13.3 Å². The van der Waals surface area contributed by atoms with Crippen LogP contribution < -0.4 is 10.2 Å². The highest BCUT2D eigenvalue weighted by molar-refractivity contribution is 6.06. The molecule has 20 heavy (non-hydrogen) atoms. The number of hydrogen-bond donors (Lipinski definition) is 1. The highest BCUT2D eigenvalue weighted by Crippen LogP contribution is 2.26. The quantitative estimate of drug-likeness (QED) is 0.920. The van der Waals surface area contributed by atoms with Gasteiger partial charge in [0.15, 0.2) is 11.6 Å². The molecule has 0 bridgehead atoms. The lowest BCUT2D eigenvalue weighted by Crippen LogP contribution is -2.58. The van der Waals surface area contributed by atoms with E-state index in [0.717, 1.165) is 4.90 Å². The average molecular weight is 286 g/mol. The molecule has 1 atom stereocenters. The summed E-state index contributed by atoms with van der Waals surface area (Å²) in [5.41, 5.74) is -0.688. The molecule has 1 fully saturated rings. The van der Waals surface area contributed by atoms with Crippen molar-refractivity contribution in [2.45, 2.75) is 25.8 Å². The monoisotopic (exact) mass is 286 g/mol. The Morgan fingerprint density at radius 3 is 2.40 bits per heavy atom. The summed E-state index contributed by atoms with van der Waals surface area (Å²) in [5.74, 6) is -4.61. The van der Waals surface area contributed by atoms with E-state index in [1.54, 1.807) is 0 Å². The van der Waals surface area contributed by atoms with E-state index in [1.165, 1.54) is 0 Å². The van der Waals surface area contributed by atoms with E-state index in [0.29, 0.717) is 25.0 Å². The summed E-state index contributed by atoms with van der Waals surface area (Å²) in [6, 6.07) is 0.144. The SMILES string of the molecule is CCCC1NC(=O)CN(c2c(F)cc(F)cc2F)C1=O. The first-order valence-corrected chi connectivity index (χ1v) is 6.19. The number of nitrogens with zero attached hydrogens (tertiary/aromatic N) is 1. The number of carbonyl (C=O) groups excluding carboxylic acids is 2. The fourth-order valence-corrected chi connectivity index (χ4v) is 2.18. The summed E-state index contributed by atoms with van der Waals surface area (Å²) >= 11 is 0. The highest BCUT2D eigenvalue weighted by atomic mass is 19.1. The molecule has 0 aliphatic carbocycles. The number of carbonyl (C=O) groups is 2. The standard InChI is InChI=1S/C13H13F3N2O2/c1-2-3-10-13(20)18(6-11(19)17-10)12-8(15)4-7(14)5-9(12)16/h4-5,10H,2-3,6H2,1H3,(H,17,19). The van der Waals surface area contributed by atoms with Crippen molar-refractivity contribution in [3.63, 3.8) is 0 Å². The van der Waals surface area contributed by atoms with Gasteiger partial charge in [-0.25, -0.2) is 13.2 Å². The summed E-state index contributed by atoms with van der Waals surface area (Å²) in [7, 11) is 0. The predicted octanol–water partition coefficient (Wildman–Crippen LogP) is 1.74. The number of nitrogens with one attached hydrogen (secondary N) is 1. The number of amides is 2. The van der Waals surface area contributed by atoms with E-state index in [1.807, 2.05) is 6.92 Å².